The number of nitrogens with zero attached hydrogens (tertiary/aromatic N) is 8. The minimum Gasteiger partial charge on any atom is -0.350 e. The minimum atomic E-state index is -0.894. The number of hydrogen-bond donors (Lipinski definition) is 3. The number of hydrazone groups is 1. The molecule has 0 aliphatic carbocycles. The average molecular weight is 896 g/mol. The van der Waals surface area contributed by atoms with Crippen LogP contribution in [0.2, 0.25) is 5.02 Å². The molecule has 0 aliphatic heterocycles. The summed E-state index contributed by atoms with van der Waals surface area (Å²) in [5.41, 5.74) is 11.8. The third-order valence-corrected chi connectivity index (χ3v) is 10.0. The molecule has 0 spiro atoms. The first kappa shape index (κ1) is 38.3. The molecule has 5 aromatic carbocycles. The molecule has 2 amide bonds. The number of primary amides is 1. The second-order valence-electron chi connectivity index (χ2n) is 12.1. The Morgan fingerprint density at radius 3 is 1.49 bits per heavy atom. The number of nitriles is 2. The Bertz CT molecular complexity index is 2580. The van der Waals surface area contributed by atoms with E-state index >= 15 is 0 Å². The lowest BCUT2D eigenvalue weighted by Gasteiger charge is -2.21. The lowest BCUT2D eigenvalue weighted by Crippen LogP contribution is -2.33. The van der Waals surface area contributed by atoms with Gasteiger partial charge in [0.05, 0.1) is 29.0 Å². The van der Waals surface area contributed by atoms with E-state index in [4.69, 9.17) is 32.4 Å². The Balaban J connectivity index is 1.53. The van der Waals surface area contributed by atoms with Crippen LogP contribution < -0.4 is 21.4 Å². The van der Waals surface area contributed by atoms with E-state index in [1.807, 2.05) is 48.5 Å². The largest absolute Gasteiger partial charge is 0.350 e. The van der Waals surface area contributed by atoms with Crippen molar-refractivity contribution in [2.75, 3.05) is 15.6 Å². The monoisotopic (exact) mass is 893 g/mol. The van der Waals surface area contributed by atoms with Crippen molar-refractivity contribution in [1.82, 2.24) is 19.9 Å². The van der Waals surface area contributed by atoms with Crippen molar-refractivity contribution in [2.24, 2.45) is 10.8 Å². The summed E-state index contributed by atoms with van der Waals surface area (Å²) >= 11 is 13.6. The van der Waals surface area contributed by atoms with Crippen molar-refractivity contribution in [3.63, 3.8) is 0 Å². The molecule has 0 unspecified atom stereocenters. The number of halogens is 3. The fourth-order valence-corrected chi connectivity index (χ4v) is 6.76. The van der Waals surface area contributed by atoms with Crippen LogP contribution in [0, 0.1) is 22.7 Å². The van der Waals surface area contributed by atoms with E-state index in [-0.39, 0.29) is 29.0 Å². The van der Waals surface area contributed by atoms with Crippen molar-refractivity contribution in [3.05, 3.63) is 170 Å². The van der Waals surface area contributed by atoms with Gasteiger partial charge in [-0.05, 0) is 96.1 Å². The number of carbonyl (C=O) groups is 1. The standard InChI is InChI=1S/C42H26Br2ClN11O/c43-35-7-3-1-5-31(35)33-23-49-41(51-28-15-9-25(21-46)10-16-28)53-37(33)39(55-56(40(48)57)30-19-13-27(45)14-20-30)38-34(32-6-2-4-8-36(32)44)24-50-42(54-38)52-29-17-11-26(22-47)12-18-29/h1-20,23-24H,(H2,48,57)(H,49,51,53)(H,50,52,54). The van der Waals surface area contributed by atoms with E-state index in [2.05, 4.69) is 64.6 Å². The summed E-state index contributed by atoms with van der Waals surface area (Å²) < 4.78 is 1.48. The Morgan fingerprint density at radius 2 is 1.09 bits per heavy atom. The van der Waals surface area contributed by atoms with Crippen molar-refractivity contribution in [3.8, 4) is 34.4 Å². The molecule has 4 N–H and O–H groups in total. The highest BCUT2D eigenvalue weighted by Crippen LogP contribution is 2.36. The molecule has 12 nitrogen and oxygen atoms in total. The second kappa shape index (κ2) is 17.2. The molecule has 7 rings (SSSR count). The zero-order chi connectivity index (χ0) is 39.9. The summed E-state index contributed by atoms with van der Waals surface area (Å²) in [6.07, 6.45) is 3.30. The average Bonchev–Trinajstić information content (AvgIpc) is 3.23. The minimum absolute atomic E-state index is 0.121. The van der Waals surface area contributed by atoms with Crippen LogP contribution >= 0.6 is 43.5 Å². The third-order valence-electron chi connectivity index (χ3n) is 8.37. The number of urea groups is 1. The van der Waals surface area contributed by atoms with Gasteiger partial charge in [0.1, 0.15) is 17.1 Å². The zero-order valence-corrected chi connectivity index (χ0v) is 33.3. The predicted molar refractivity (Wildman–Crippen MR) is 228 cm³/mol. The maximum atomic E-state index is 13.4. The van der Waals surface area contributed by atoms with Gasteiger partial charge in [-0.2, -0.15) is 20.6 Å². The number of nitrogens with two attached hydrogens (primary N) is 1. The Hall–Kier alpha value is -6.97. The first-order chi connectivity index (χ1) is 27.7. The lowest BCUT2D eigenvalue weighted by atomic mass is 9.97. The van der Waals surface area contributed by atoms with Gasteiger partial charge in [0.25, 0.3) is 0 Å². The van der Waals surface area contributed by atoms with Gasteiger partial charge in [-0.3, -0.25) is 0 Å². The fraction of sp³-hybridized carbons (Fsp3) is 0. The summed E-state index contributed by atoms with van der Waals surface area (Å²) in [6, 6.07) is 38.6. The van der Waals surface area contributed by atoms with E-state index < -0.39 is 6.03 Å². The highest BCUT2D eigenvalue weighted by atomic mass is 79.9. The van der Waals surface area contributed by atoms with Gasteiger partial charge in [-0.15, -0.1) is 0 Å². The number of hydrogen-bond acceptors (Lipinski definition) is 10. The summed E-state index contributed by atoms with van der Waals surface area (Å²) in [4.78, 5) is 32.8. The van der Waals surface area contributed by atoms with Gasteiger partial charge in [0.2, 0.25) is 11.9 Å². The Kier molecular flexibility index (Phi) is 11.6. The van der Waals surface area contributed by atoms with Gasteiger partial charge in [-0.1, -0.05) is 79.9 Å². The van der Waals surface area contributed by atoms with E-state index in [1.54, 1.807) is 85.2 Å². The maximum absolute atomic E-state index is 13.4. The Labute approximate surface area is 348 Å². The van der Waals surface area contributed by atoms with Crippen LogP contribution in [-0.2, 0) is 0 Å². The van der Waals surface area contributed by atoms with Crippen molar-refractivity contribution in [2.45, 2.75) is 0 Å². The number of anilines is 5. The number of rotatable bonds is 10. The van der Waals surface area contributed by atoms with Crippen LogP contribution in [0.4, 0.5) is 33.8 Å². The fourth-order valence-electron chi connectivity index (χ4n) is 5.64. The van der Waals surface area contributed by atoms with E-state index in [0.717, 1.165) is 25.1 Å². The highest BCUT2D eigenvalue weighted by molar-refractivity contribution is 9.11. The molecule has 0 atom stereocenters. The molecule has 0 fully saturated rings. The third kappa shape index (κ3) is 8.80. The number of carbonyl (C=O) groups excluding carboxylic acids is 1. The van der Waals surface area contributed by atoms with Gasteiger partial charge in [0.15, 0.2) is 0 Å². The normalized spacial score (nSPS) is 10.5. The molecular weight excluding hydrogens is 870 g/mol. The molecule has 0 radical (unpaired) electrons. The van der Waals surface area contributed by atoms with Gasteiger partial charge in [-0.25, -0.2) is 24.7 Å². The predicted octanol–water partition coefficient (Wildman–Crippen LogP) is 10.3. The smallest absolute Gasteiger partial charge is 0.340 e. The van der Waals surface area contributed by atoms with Crippen LogP contribution in [-0.4, -0.2) is 31.7 Å². The van der Waals surface area contributed by atoms with Gasteiger partial charge < -0.3 is 16.4 Å². The first-order valence-corrected chi connectivity index (χ1v) is 18.9. The summed E-state index contributed by atoms with van der Waals surface area (Å²) in [7, 11) is 0. The summed E-state index contributed by atoms with van der Waals surface area (Å²) in [6.45, 7) is 0. The zero-order valence-electron chi connectivity index (χ0n) is 29.4. The molecule has 2 heterocycles. The SMILES string of the molecule is N#Cc1ccc(Nc2ncc(-c3ccccc3Br)c(C(=NN(C(N)=O)c3ccc(Cl)cc3)c3nc(Nc4ccc(C#N)cc4)ncc3-c3ccccc3Br)n2)cc1. The molecular formula is C42H26Br2ClN11O. The molecule has 0 saturated heterocycles. The summed E-state index contributed by atoms with van der Waals surface area (Å²) in [5.74, 6) is 0.366. The van der Waals surface area contributed by atoms with Crippen molar-refractivity contribution in [1.29, 1.82) is 10.5 Å². The number of amides is 2. The van der Waals surface area contributed by atoms with Gasteiger partial charge >= 0.3 is 6.03 Å². The molecule has 57 heavy (non-hydrogen) atoms. The molecule has 0 aliphatic rings. The molecule has 276 valence electrons. The highest BCUT2D eigenvalue weighted by Gasteiger charge is 2.27. The number of benzene rings is 5. The topological polar surface area (TPSA) is 182 Å². The van der Waals surface area contributed by atoms with Crippen molar-refractivity contribution < 1.29 is 4.79 Å². The first-order valence-electron chi connectivity index (χ1n) is 16.9. The Morgan fingerprint density at radius 1 is 0.649 bits per heavy atom. The van der Waals surface area contributed by atoms with Crippen LogP contribution in [0.25, 0.3) is 22.3 Å². The molecule has 0 saturated carbocycles. The van der Waals surface area contributed by atoms with E-state index in [9.17, 15) is 15.3 Å². The molecule has 2 aromatic heterocycles. The van der Waals surface area contributed by atoms with Crippen LogP contribution in [0.1, 0.15) is 22.5 Å². The van der Waals surface area contributed by atoms with Gasteiger partial charge in [0, 0.05) is 48.9 Å². The van der Waals surface area contributed by atoms with E-state index in [1.165, 1.54) is 0 Å². The second-order valence-corrected chi connectivity index (χ2v) is 14.2. The van der Waals surface area contributed by atoms with Crippen LogP contribution in [0.5, 0.6) is 0 Å². The summed E-state index contributed by atoms with van der Waals surface area (Å²) in [5, 5.41) is 31.6. The van der Waals surface area contributed by atoms with Crippen molar-refractivity contribution >= 4 is 84.2 Å². The van der Waals surface area contributed by atoms with Crippen LogP contribution in [0.3, 0.4) is 0 Å². The quantitative estimate of drug-likeness (QED) is 0.0889. The molecule has 0 bridgehead atoms. The number of nitrogens with one attached hydrogen (secondary N) is 2. The molecule has 7 aromatic rings. The number of aromatic nitrogens is 4. The molecule has 15 heteroatoms. The van der Waals surface area contributed by atoms with Crippen LogP contribution in [0.15, 0.2) is 148 Å². The maximum Gasteiger partial charge on any atom is 0.340 e. The lowest BCUT2D eigenvalue weighted by molar-refractivity contribution is 0.254. The van der Waals surface area contributed by atoms with E-state index in [0.29, 0.717) is 44.3 Å².